The summed E-state index contributed by atoms with van der Waals surface area (Å²) in [5, 5.41) is 3.05. The predicted molar refractivity (Wildman–Crippen MR) is 109 cm³/mol. The Morgan fingerprint density at radius 2 is 2.03 bits per heavy atom. The summed E-state index contributed by atoms with van der Waals surface area (Å²) >= 11 is 0. The second-order valence-electron chi connectivity index (χ2n) is 7.37. The molecule has 0 aromatic carbocycles. The Labute approximate surface area is 173 Å². The van der Waals surface area contributed by atoms with Crippen LogP contribution in [0.25, 0.3) is 11.4 Å². The van der Waals surface area contributed by atoms with Crippen LogP contribution in [0.1, 0.15) is 42.5 Å². The molecule has 9 heteroatoms. The highest BCUT2D eigenvalue weighted by molar-refractivity contribution is 5.93. The molecule has 1 atom stereocenters. The summed E-state index contributed by atoms with van der Waals surface area (Å²) in [5.74, 6) is 0.700. The van der Waals surface area contributed by atoms with Crippen LogP contribution < -0.4 is 15.6 Å². The second kappa shape index (κ2) is 8.02. The maximum absolute atomic E-state index is 13.0. The molecule has 3 aromatic rings. The van der Waals surface area contributed by atoms with E-state index < -0.39 is 5.54 Å². The number of hydrogen-bond acceptors (Lipinski definition) is 7. The van der Waals surface area contributed by atoms with Gasteiger partial charge in [-0.15, -0.1) is 0 Å². The third-order valence-corrected chi connectivity index (χ3v) is 5.24. The van der Waals surface area contributed by atoms with Crippen molar-refractivity contribution >= 4 is 5.91 Å². The van der Waals surface area contributed by atoms with Gasteiger partial charge in [0.25, 0.3) is 11.5 Å². The molecule has 9 nitrogen and oxygen atoms in total. The number of carbonyl (C=O) groups is 1. The second-order valence-corrected chi connectivity index (χ2v) is 7.37. The summed E-state index contributed by atoms with van der Waals surface area (Å²) in [5.41, 5.74) is 0.227. The van der Waals surface area contributed by atoms with E-state index in [0.717, 1.165) is 12.8 Å². The molecule has 1 aliphatic heterocycles. The van der Waals surface area contributed by atoms with Crippen molar-refractivity contribution in [1.29, 1.82) is 0 Å². The number of pyridine rings is 1. The smallest absolute Gasteiger partial charge is 0.270 e. The molecule has 0 fully saturated rings. The van der Waals surface area contributed by atoms with Crippen LogP contribution in [0.4, 0.5) is 0 Å². The van der Waals surface area contributed by atoms with Crippen molar-refractivity contribution in [3.63, 3.8) is 0 Å². The van der Waals surface area contributed by atoms with Crippen LogP contribution >= 0.6 is 0 Å². The van der Waals surface area contributed by atoms with E-state index in [-0.39, 0.29) is 17.2 Å². The Hall–Kier alpha value is -3.62. The van der Waals surface area contributed by atoms with Crippen molar-refractivity contribution in [1.82, 2.24) is 29.8 Å². The average molecular weight is 406 g/mol. The minimum absolute atomic E-state index is 0.171. The monoisotopic (exact) mass is 406 g/mol. The summed E-state index contributed by atoms with van der Waals surface area (Å²) < 4.78 is 6.82. The average Bonchev–Trinajstić information content (AvgIpc) is 2.93. The summed E-state index contributed by atoms with van der Waals surface area (Å²) in [7, 11) is 1.53. The van der Waals surface area contributed by atoms with Crippen LogP contribution in [0.2, 0.25) is 0 Å². The van der Waals surface area contributed by atoms with Gasteiger partial charge >= 0.3 is 0 Å². The van der Waals surface area contributed by atoms with Crippen LogP contribution in [-0.2, 0) is 12.1 Å². The van der Waals surface area contributed by atoms with E-state index in [9.17, 15) is 9.59 Å². The molecule has 154 valence electrons. The van der Waals surface area contributed by atoms with E-state index in [0.29, 0.717) is 35.9 Å². The molecule has 3 aromatic heterocycles. The van der Waals surface area contributed by atoms with Gasteiger partial charge in [0.2, 0.25) is 0 Å². The number of rotatable bonds is 4. The van der Waals surface area contributed by atoms with Gasteiger partial charge in [0.1, 0.15) is 23.6 Å². The van der Waals surface area contributed by atoms with Gasteiger partial charge in [0.15, 0.2) is 0 Å². The topological polar surface area (TPSA) is 112 Å². The van der Waals surface area contributed by atoms with Gasteiger partial charge in [-0.05, 0) is 38.3 Å². The Morgan fingerprint density at radius 3 is 2.80 bits per heavy atom. The minimum atomic E-state index is -0.847. The number of fused-ring (bicyclic) bond motifs is 1. The first-order valence-electron chi connectivity index (χ1n) is 9.71. The molecule has 4 heterocycles. The van der Waals surface area contributed by atoms with Crippen LogP contribution in [0.3, 0.4) is 0 Å². The zero-order chi connectivity index (χ0) is 21.1. The first kappa shape index (κ1) is 19.7. The summed E-state index contributed by atoms with van der Waals surface area (Å²) in [6.07, 6.45) is 6.84. The lowest BCUT2D eigenvalue weighted by atomic mass is 9.94. The first-order chi connectivity index (χ1) is 14.5. The van der Waals surface area contributed by atoms with E-state index in [1.165, 1.54) is 25.7 Å². The van der Waals surface area contributed by atoms with Crippen molar-refractivity contribution in [2.24, 2.45) is 0 Å². The lowest BCUT2D eigenvalue weighted by Gasteiger charge is -2.30. The van der Waals surface area contributed by atoms with Gasteiger partial charge in [-0.25, -0.2) is 15.0 Å². The van der Waals surface area contributed by atoms with E-state index in [1.54, 1.807) is 29.0 Å². The lowest BCUT2D eigenvalue weighted by Crippen LogP contribution is -2.47. The molecular formula is C21H22N6O3. The largest absolute Gasteiger partial charge is 0.497 e. The number of amides is 1. The number of ether oxygens (including phenoxy) is 1. The van der Waals surface area contributed by atoms with Gasteiger partial charge < -0.3 is 10.1 Å². The van der Waals surface area contributed by atoms with Gasteiger partial charge in [-0.2, -0.15) is 0 Å². The molecule has 4 rings (SSSR count). The van der Waals surface area contributed by atoms with Gasteiger partial charge in [0, 0.05) is 31.1 Å². The fourth-order valence-electron chi connectivity index (χ4n) is 3.67. The third kappa shape index (κ3) is 3.78. The first-order valence-corrected chi connectivity index (χ1v) is 9.71. The summed E-state index contributed by atoms with van der Waals surface area (Å²) in [6, 6.07) is 6.43. The van der Waals surface area contributed by atoms with Crippen LogP contribution in [0, 0.1) is 0 Å². The van der Waals surface area contributed by atoms with Crippen LogP contribution in [-0.4, -0.2) is 37.5 Å². The molecule has 0 aliphatic carbocycles. The highest BCUT2D eigenvalue weighted by atomic mass is 16.5. The molecule has 1 unspecified atom stereocenters. The lowest BCUT2D eigenvalue weighted by molar-refractivity contribution is 0.0888. The van der Waals surface area contributed by atoms with Crippen molar-refractivity contribution < 1.29 is 9.53 Å². The third-order valence-electron chi connectivity index (χ3n) is 5.24. The van der Waals surface area contributed by atoms with Crippen molar-refractivity contribution in [2.45, 2.75) is 38.3 Å². The summed E-state index contributed by atoms with van der Waals surface area (Å²) in [4.78, 5) is 42.9. The summed E-state index contributed by atoms with van der Waals surface area (Å²) in [6.45, 7) is 2.44. The predicted octanol–water partition coefficient (Wildman–Crippen LogP) is 1.93. The Bertz CT molecular complexity index is 1130. The molecule has 0 bridgehead atoms. The standard InChI is InChI=1S/C21H22N6O3/c1-21(26-19(29)17-11-14(30-2)5-9-23-17)7-3-4-10-27-18(28)12-16(25-20(21)27)15-6-8-22-13-24-15/h5-6,8-9,11-13H,3-4,7,10H2,1-2H3,(H,26,29). The number of carbonyl (C=O) groups excluding carboxylic acids is 1. The zero-order valence-corrected chi connectivity index (χ0v) is 16.8. The number of methoxy groups -OCH3 is 1. The maximum atomic E-state index is 13.0. The molecule has 1 amide bonds. The normalized spacial score (nSPS) is 18.2. The van der Waals surface area contributed by atoms with E-state index in [4.69, 9.17) is 9.72 Å². The fourth-order valence-corrected chi connectivity index (χ4v) is 3.67. The van der Waals surface area contributed by atoms with Gasteiger partial charge in [0.05, 0.1) is 24.0 Å². The minimum Gasteiger partial charge on any atom is -0.497 e. The van der Waals surface area contributed by atoms with Gasteiger partial charge in [-0.3, -0.25) is 19.1 Å². The SMILES string of the molecule is COc1ccnc(C(=O)NC2(C)CCCCn3c2nc(-c2ccncn2)cc3=O)c1. The number of hydrogen-bond donors (Lipinski definition) is 1. The molecule has 0 spiro atoms. The molecule has 0 saturated heterocycles. The maximum Gasteiger partial charge on any atom is 0.270 e. The van der Waals surface area contributed by atoms with E-state index in [2.05, 4.69) is 20.3 Å². The molecule has 0 saturated carbocycles. The molecular weight excluding hydrogens is 384 g/mol. The highest BCUT2D eigenvalue weighted by Gasteiger charge is 2.36. The van der Waals surface area contributed by atoms with Crippen molar-refractivity contribution in [3.8, 4) is 17.1 Å². The Kier molecular flexibility index (Phi) is 5.26. The molecule has 1 N–H and O–H groups in total. The molecule has 0 radical (unpaired) electrons. The van der Waals surface area contributed by atoms with E-state index >= 15 is 0 Å². The van der Waals surface area contributed by atoms with E-state index in [1.807, 2.05) is 6.92 Å². The highest BCUT2D eigenvalue weighted by Crippen LogP contribution is 2.30. The molecule has 30 heavy (non-hydrogen) atoms. The van der Waals surface area contributed by atoms with Crippen LogP contribution in [0.15, 0.2) is 47.8 Å². The number of nitrogens with zero attached hydrogens (tertiary/aromatic N) is 5. The molecule has 1 aliphatic rings. The Morgan fingerprint density at radius 1 is 1.17 bits per heavy atom. The quantitative estimate of drug-likeness (QED) is 0.704. The Balaban J connectivity index is 1.76. The zero-order valence-electron chi connectivity index (χ0n) is 16.8. The van der Waals surface area contributed by atoms with Crippen LogP contribution in [0.5, 0.6) is 5.75 Å². The fraction of sp³-hybridized carbons (Fsp3) is 0.333. The number of aromatic nitrogens is 5. The van der Waals surface area contributed by atoms with Crippen molar-refractivity contribution in [3.05, 3.63) is 64.9 Å². The van der Waals surface area contributed by atoms with Gasteiger partial charge in [-0.1, -0.05) is 0 Å². The van der Waals surface area contributed by atoms with Crippen molar-refractivity contribution in [2.75, 3.05) is 7.11 Å². The number of nitrogens with one attached hydrogen (secondary N) is 1.